The highest BCUT2D eigenvalue weighted by Crippen LogP contribution is 2.13. The molecule has 9 heavy (non-hydrogen) atoms. The smallest absolute Gasteiger partial charge is 0.202 e. The quantitative estimate of drug-likeness (QED) is 0.629. The minimum atomic E-state index is 0.127. The molecular formula is C4HCl2N3. The first-order valence-electron chi connectivity index (χ1n) is 2.05. The Labute approximate surface area is 61.2 Å². The van der Waals surface area contributed by atoms with Crippen LogP contribution in [0.15, 0.2) is 0 Å². The molecule has 1 rings (SSSR count). The summed E-state index contributed by atoms with van der Waals surface area (Å²) in [6.07, 6.45) is 0. The van der Waals surface area contributed by atoms with Crippen LogP contribution in [0.1, 0.15) is 5.69 Å². The standard InChI is InChI=1S/C4HCl2N3/c5-3-2(1-7)8-4(6)9-3/h(H,8,9). The summed E-state index contributed by atoms with van der Waals surface area (Å²) in [6, 6.07) is 1.76. The van der Waals surface area contributed by atoms with Crippen molar-refractivity contribution in [3.63, 3.8) is 0 Å². The third kappa shape index (κ3) is 1.15. The molecule has 46 valence electrons. The molecule has 0 aliphatic heterocycles. The average molecular weight is 162 g/mol. The van der Waals surface area contributed by atoms with E-state index < -0.39 is 0 Å². The van der Waals surface area contributed by atoms with Crippen LogP contribution in [0.3, 0.4) is 0 Å². The largest absolute Gasteiger partial charge is 0.319 e. The van der Waals surface area contributed by atoms with Crippen molar-refractivity contribution in [3.05, 3.63) is 16.1 Å². The number of nitrogens with zero attached hydrogens (tertiary/aromatic N) is 2. The predicted octanol–water partition coefficient (Wildman–Crippen LogP) is 1.59. The van der Waals surface area contributed by atoms with E-state index in [-0.39, 0.29) is 16.1 Å². The molecule has 0 saturated carbocycles. The number of hydrogen-bond donors (Lipinski definition) is 1. The van der Waals surface area contributed by atoms with E-state index >= 15 is 0 Å². The minimum Gasteiger partial charge on any atom is -0.319 e. The van der Waals surface area contributed by atoms with Gasteiger partial charge < -0.3 is 4.98 Å². The van der Waals surface area contributed by atoms with Crippen LogP contribution < -0.4 is 0 Å². The van der Waals surface area contributed by atoms with E-state index in [1.54, 1.807) is 6.07 Å². The summed E-state index contributed by atoms with van der Waals surface area (Å²) >= 11 is 10.8. The summed E-state index contributed by atoms with van der Waals surface area (Å²) in [5.74, 6) is 0. The summed E-state index contributed by atoms with van der Waals surface area (Å²) in [5, 5.41) is 8.57. The van der Waals surface area contributed by atoms with Crippen molar-refractivity contribution < 1.29 is 0 Å². The number of rotatable bonds is 0. The minimum absolute atomic E-state index is 0.127. The molecule has 1 aromatic heterocycles. The molecule has 0 aliphatic carbocycles. The fourth-order valence-electron chi connectivity index (χ4n) is 0.399. The van der Waals surface area contributed by atoms with Crippen molar-refractivity contribution in [1.82, 2.24) is 9.97 Å². The number of halogens is 2. The van der Waals surface area contributed by atoms with Gasteiger partial charge in [-0.2, -0.15) is 5.26 Å². The average Bonchev–Trinajstić information content (AvgIpc) is 2.10. The zero-order valence-corrected chi connectivity index (χ0v) is 5.66. The molecule has 0 fully saturated rings. The summed E-state index contributed by atoms with van der Waals surface area (Å²) in [6.45, 7) is 0. The van der Waals surface area contributed by atoms with Crippen LogP contribution in [0.2, 0.25) is 10.4 Å². The molecule has 1 aromatic rings. The Kier molecular flexibility index (Phi) is 1.60. The van der Waals surface area contributed by atoms with E-state index in [4.69, 9.17) is 28.5 Å². The molecule has 0 amide bonds. The van der Waals surface area contributed by atoms with Crippen molar-refractivity contribution in [2.45, 2.75) is 0 Å². The van der Waals surface area contributed by atoms with Crippen LogP contribution in [0.25, 0.3) is 0 Å². The lowest BCUT2D eigenvalue weighted by Gasteiger charge is -1.72. The molecule has 0 spiro atoms. The zero-order valence-electron chi connectivity index (χ0n) is 4.15. The first-order valence-corrected chi connectivity index (χ1v) is 2.80. The maximum Gasteiger partial charge on any atom is 0.202 e. The van der Waals surface area contributed by atoms with Gasteiger partial charge >= 0.3 is 0 Å². The van der Waals surface area contributed by atoms with E-state index in [0.717, 1.165) is 0 Å². The number of nitriles is 1. The Morgan fingerprint density at radius 3 is 2.44 bits per heavy atom. The van der Waals surface area contributed by atoms with Crippen molar-refractivity contribution in [3.8, 4) is 6.07 Å². The van der Waals surface area contributed by atoms with Crippen LogP contribution in [0.5, 0.6) is 0 Å². The third-order valence-electron chi connectivity index (χ3n) is 0.737. The Morgan fingerprint density at radius 1 is 1.56 bits per heavy atom. The maximum absolute atomic E-state index is 8.26. The van der Waals surface area contributed by atoms with Crippen LogP contribution in [-0.2, 0) is 0 Å². The zero-order chi connectivity index (χ0) is 6.85. The van der Waals surface area contributed by atoms with Gasteiger partial charge in [0.2, 0.25) is 5.28 Å². The lowest BCUT2D eigenvalue weighted by Crippen LogP contribution is -1.69. The highest BCUT2D eigenvalue weighted by Gasteiger charge is 2.03. The van der Waals surface area contributed by atoms with Gasteiger partial charge in [-0.05, 0) is 11.6 Å². The molecular weight excluding hydrogens is 161 g/mol. The van der Waals surface area contributed by atoms with Crippen molar-refractivity contribution in [2.24, 2.45) is 0 Å². The van der Waals surface area contributed by atoms with Crippen molar-refractivity contribution in [1.29, 1.82) is 5.26 Å². The molecule has 0 bridgehead atoms. The van der Waals surface area contributed by atoms with Crippen LogP contribution >= 0.6 is 23.2 Å². The number of H-pyrrole nitrogens is 1. The van der Waals surface area contributed by atoms with Gasteiger partial charge in [0.15, 0.2) is 5.69 Å². The molecule has 0 aromatic carbocycles. The number of aromatic amines is 1. The van der Waals surface area contributed by atoms with Gasteiger partial charge in [0.05, 0.1) is 0 Å². The second kappa shape index (κ2) is 2.26. The molecule has 0 radical (unpaired) electrons. The van der Waals surface area contributed by atoms with Gasteiger partial charge in [0.25, 0.3) is 0 Å². The molecule has 0 saturated heterocycles. The van der Waals surface area contributed by atoms with Crippen LogP contribution in [0.4, 0.5) is 0 Å². The molecule has 5 heteroatoms. The molecule has 0 unspecified atom stereocenters. The first-order chi connectivity index (χ1) is 4.24. The van der Waals surface area contributed by atoms with Gasteiger partial charge in [-0.3, -0.25) is 0 Å². The van der Waals surface area contributed by atoms with E-state index in [1.807, 2.05) is 0 Å². The number of aromatic nitrogens is 2. The summed E-state index contributed by atoms with van der Waals surface area (Å²) in [5.41, 5.74) is 0.127. The highest BCUT2D eigenvalue weighted by atomic mass is 35.5. The van der Waals surface area contributed by atoms with Gasteiger partial charge in [0, 0.05) is 0 Å². The van der Waals surface area contributed by atoms with Crippen molar-refractivity contribution >= 4 is 23.2 Å². The van der Waals surface area contributed by atoms with E-state index in [0.29, 0.717) is 0 Å². The van der Waals surface area contributed by atoms with Gasteiger partial charge in [0.1, 0.15) is 11.2 Å². The number of hydrogen-bond acceptors (Lipinski definition) is 2. The second-order valence-electron chi connectivity index (χ2n) is 1.30. The number of imidazole rings is 1. The summed E-state index contributed by atoms with van der Waals surface area (Å²) < 4.78 is 0. The van der Waals surface area contributed by atoms with Gasteiger partial charge in [-0.25, -0.2) is 4.98 Å². The molecule has 1 N–H and O–H groups in total. The monoisotopic (exact) mass is 161 g/mol. The maximum atomic E-state index is 8.26. The number of nitrogens with one attached hydrogen (secondary N) is 1. The molecule has 1 heterocycles. The topological polar surface area (TPSA) is 52.5 Å². The van der Waals surface area contributed by atoms with Gasteiger partial charge in [-0.15, -0.1) is 0 Å². The van der Waals surface area contributed by atoms with Crippen LogP contribution in [-0.4, -0.2) is 9.97 Å². The lowest BCUT2D eigenvalue weighted by atomic mass is 10.5. The molecule has 3 nitrogen and oxygen atoms in total. The fraction of sp³-hybridized carbons (Fsp3) is 0. The Bertz CT molecular complexity index is 259. The summed E-state index contributed by atoms with van der Waals surface area (Å²) in [4.78, 5) is 6.00. The van der Waals surface area contributed by atoms with Crippen molar-refractivity contribution in [2.75, 3.05) is 0 Å². The molecule has 0 aliphatic rings. The highest BCUT2D eigenvalue weighted by molar-refractivity contribution is 6.33. The normalized spacial score (nSPS) is 9.00. The SMILES string of the molecule is N#Cc1nc(Cl)[nH]c1Cl. The lowest BCUT2D eigenvalue weighted by molar-refractivity contribution is 1.29. The first kappa shape index (κ1) is 6.40. The Balaban J connectivity index is 3.20. The molecule has 0 atom stereocenters. The summed E-state index contributed by atoms with van der Waals surface area (Å²) in [7, 11) is 0. The Hall–Kier alpha value is -0.720. The Morgan fingerprint density at radius 2 is 2.22 bits per heavy atom. The van der Waals surface area contributed by atoms with Gasteiger partial charge in [-0.1, -0.05) is 11.6 Å². The van der Waals surface area contributed by atoms with Crippen LogP contribution in [0, 0.1) is 11.3 Å². The second-order valence-corrected chi connectivity index (χ2v) is 2.04. The third-order valence-corrected chi connectivity index (χ3v) is 1.19. The fourth-order valence-corrected chi connectivity index (χ4v) is 0.800. The van der Waals surface area contributed by atoms with E-state index in [2.05, 4.69) is 9.97 Å². The van der Waals surface area contributed by atoms with E-state index in [1.165, 1.54) is 0 Å². The predicted molar refractivity (Wildman–Crippen MR) is 33.3 cm³/mol. The van der Waals surface area contributed by atoms with E-state index in [9.17, 15) is 0 Å².